The van der Waals surface area contributed by atoms with E-state index in [0.717, 1.165) is 52.1 Å². The van der Waals surface area contributed by atoms with Gasteiger partial charge in [0.2, 0.25) is 0 Å². The summed E-state index contributed by atoms with van der Waals surface area (Å²) in [5.41, 5.74) is 0. The number of esters is 2. The lowest BCUT2D eigenvalue weighted by Gasteiger charge is -2.19. The number of rotatable bonds is 30. The van der Waals surface area contributed by atoms with E-state index in [1.807, 2.05) is 12.2 Å². The first-order valence-corrected chi connectivity index (χ1v) is 18.3. The largest absolute Gasteiger partial charge is 0.472 e. The van der Waals surface area contributed by atoms with Gasteiger partial charge in [-0.1, -0.05) is 133 Å². The summed E-state index contributed by atoms with van der Waals surface area (Å²) < 4.78 is 31.6. The van der Waals surface area contributed by atoms with E-state index in [4.69, 9.17) is 14.0 Å². The monoisotopic (exact) mass is 640 g/mol. The van der Waals surface area contributed by atoms with Gasteiger partial charge in [0.1, 0.15) is 6.61 Å². The Morgan fingerprint density at radius 1 is 0.659 bits per heavy atom. The van der Waals surface area contributed by atoms with Crippen LogP contribution in [0.4, 0.5) is 0 Å². The van der Waals surface area contributed by atoms with E-state index < -0.39 is 32.5 Å². The lowest BCUT2D eigenvalue weighted by molar-refractivity contribution is -0.161. The Labute approximate surface area is 268 Å². The van der Waals surface area contributed by atoms with Crippen LogP contribution in [-0.2, 0) is 32.7 Å². The highest BCUT2D eigenvalue weighted by molar-refractivity contribution is 7.47. The SMILES string of the molecule is CC/C=C\C/C=C\C/C=C\C/C=C\CCC(=O)OC(COC(=O)CCCCCCCCCCCCCC)COP(=O)(O)OC. The van der Waals surface area contributed by atoms with E-state index in [0.29, 0.717) is 6.42 Å². The van der Waals surface area contributed by atoms with Crippen LogP contribution in [-0.4, -0.2) is 43.3 Å². The molecule has 0 aromatic heterocycles. The molecule has 0 aliphatic rings. The highest BCUT2D eigenvalue weighted by atomic mass is 31.2. The first kappa shape index (κ1) is 42.0. The molecule has 0 fully saturated rings. The Balaban J connectivity index is 4.24. The van der Waals surface area contributed by atoms with Crippen molar-refractivity contribution in [3.63, 3.8) is 0 Å². The van der Waals surface area contributed by atoms with Crippen molar-refractivity contribution in [2.24, 2.45) is 0 Å². The van der Waals surface area contributed by atoms with Gasteiger partial charge in [-0.05, 0) is 38.5 Å². The average Bonchev–Trinajstić information content (AvgIpc) is 3.01. The van der Waals surface area contributed by atoms with Gasteiger partial charge < -0.3 is 14.4 Å². The van der Waals surface area contributed by atoms with Crippen LogP contribution in [0.25, 0.3) is 0 Å². The number of unbranched alkanes of at least 4 members (excludes halogenated alkanes) is 11. The molecule has 0 aromatic rings. The molecule has 0 spiro atoms. The molecule has 0 heterocycles. The summed E-state index contributed by atoms with van der Waals surface area (Å²) in [6.07, 6.45) is 34.7. The second kappa shape index (κ2) is 31.0. The third-order valence-electron chi connectivity index (χ3n) is 6.85. The second-order valence-corrected chi connectivity index (χ2v) is 12.5. The molecule has 8 nitrogen and oxygen atoms in total. The zero-order valence-corrected chi connectivity index (χ0v) is 28.7. The normalized spacial score (nSPS) is 14.2. The highest BCUT2D eigenvalue weighted by Crippen LogP contribution is 2.42. The molecule has 2 unspecified atom stereocenters. The number of hydrogen-bond acceptors (Lipinski definition) is 7. The molecule has 44 heavy (non-hydrogen) atoms. The standard InChI is InChI=1S/C35H61O8P/c1-4-6-8-10-12-14-16-18-20-22-24-26-28-30-35(37)43-33(32-42-44(38,39)40-3)31-41-34(36)29-27-25-23-21-19-17-15-13-11-9-7-5-2/h6,8,12,14,18,20,24,26,33H,4-5,7,9-11,13,15-17,19,21-23,25,27-32H2,1-3H3,(H,38,39)/b8-6-,14-12-,20-18-,26-24-. The molecule has 0 radical (unpaired) electrons. The van der Waals surface area contributed by atoms with Gasteiger partial charge in [-0.2, -0.15) is 0 Å². The number of ether oxygens (including phenoxy) is 2. The number of hydrogen-bond donors (Lipinski definition) is 1. The van der Waals surface area contributed by atoms with Gasteiger partial charge in [-0.25, -0.2) is 4.57 Å². The minimum absolute atomic E-state index is 0.124. The molecule has 0 bridgehead atoms. The third-order valence-corrected chi connectivity index (χ3v) is 7.79. The highest BCUT2D eigenvalue weighted by Gasteiger charge is 2.24. The van der Waals surface area contributed by atoms with Crippen molar-refractivity contribution in [3.05, 3.63) is 48.6 Å². The van der Waals surface area contributed by atoms with Crippen LogP contribution in [0.3, 0.4) is 0 Å². The minimum Gasteiger partial charge on any atom is -0.462 e. The predicted molar refractivity (Wildman–Crippen MR) is 179 cm³/mol. The van der Waals surface area contributed by atoms with E-state index in [1.165, 1.54) is 57.8 Å². The second-order valence-electron chi connectivity index (χ2n) is 10.9. The fraction of sp³-hybridized carbons (Fsp3) is 0.714. The van der Waals surface area contributed by atoms with Gasteiger partial charge in [0, 0.05) is 20.0 Å². The Hall–Kier alpha value is -1.99. The molecule has 0 aliphatic carbocycles. The van der Waals surface area contributed by atoms with Crippen LogP contribution < -0.4 is 0 Å². The van der Waals surface area contributed by atoms with Crippen LogP contribution in [0.5, 0.6) is 0 Å². The van der Waals surface area contributed by atoms with Crippen LogP contribution in [0.1, 0.15) is 136 Å². The van der Waals surface area contributed by atoms with Gasteiger partial charge in [0.25, 0.3) is 0 Å². The van der Waals surface area contributed by atoms with Crippen molar-refractivity contribution in [1.29, 1.82) is 0 Å². The number of carbonyl (C=O) groups is 2. The predicted octanol–water partition coefficient (Wildman–Crippen LogP) is 9.88. The Morgan fingerprint density at radius 2 is 1.16 bits per heavy atom. The van der Waals surface area contributed by atoms with Crippen molar-refractivity contribution in [3.8, 4) is 0 Å². The van der Waals surface area contributed by atoms with Crippen molar-refractivity contribution < 1.29 is 37.6 Å². The molecule has 1 N–H and O–H groups in total. The van der Waals surface area contributed by atoms with Gasteiger partial charge in [0.15, 0.2) is 6.10 Å². The Bertz CT molecular complexity index is 865. The van der Waals surface area contributed by atoms with Crippen molar-refractivity contribution in [1.82, 2.24) is 0 Å². The summed E-state index contributed by atoms with van der Waals surface area (Å²) in [4.78, 5) is 34.1. The number of phosphoric ester groups is 1. The maximum atomic E-state index is 12.3. The van der Waals surface area contributed by atoms with Crippen LogP contribution >= 0.6 is 7.82 Å². The van der Waals surface area contributed by atoms with Gasteiger partial charge in [0.05, 0.1) is 6.61 Å². The first-order valence-electron chi connectivity index (χ1n) is 16.8. The molecular formula is C35H61O8P. The number of allylic oxidation sites excluding steroid dienone is 8. The summed E-state index contributed by atoms with van der Waals surface area (Å²) in [6.45, 7) is 3.67. The van der Waals surface area contributed by atoms with E-state index in [2.05, 4.69) is 54.8 Å². The van der Waals surface area contributed by atoms with E-state index in [1.54, 1.807) is 0 Å². The fourth-order valence-corrected chi connectivity index (χ4v) is 4.72. The Morgan fingerprint density at radius 3 is 1.68 bits per heavy atom. The summed E-state index contributed by atoms with van der Waals surface area (Å²) in [5.74, 6) is -0.903. The number of phosphoric acid groups is 1. The smallest absolute Gasteiger partial charge is 0.462 e. The zero-order valence-electron chi connectivity index (χ0n) is 27.8. The molecule has 2 atom stereocenters. The molecular weight excluding hydrogens is 579 g/mol. The zero-order chi connectivity index (χ0) is 32.6. The van der Waals surface area contributed by atoms with Gasteiger partial charge in [-0.3, -0.25) is 18.6 Å². The van der Waals surface area contributed by atoms with Crippen molar-refractivity contribution in [2.75, 3.05) is 20.3 Å². The minimum atomic E-state index is -4.27. The molecule has 0 aromatic carbocycles. The number of carbonyl (C=O) groups excluding carboxylic acids is 2. The van der Waals surface area contributed by atoms with Crippen molar-refractivity contribution >= 4 is 19.8 Å². The quantitative estimate of drug-likeness (QED) is 0.0358. The van der Waals surface area contributed by atoms with E-state index in [-0.39, 0.29) is 19.4 Å². The van der Waals surface area contributed by atoms with E-state index in [9.17, 15) is 19.0 Å². The lowest BCUT2D eigenvalue weighted by atomic mass is 10.0. The maximum absolute atomic E-state index is 12.3. The van der Waals surface area contributed by atoms with Crippen LogP contribution in [0.2, 0.25) is 0 Å². The average molecular weight is 641 g/mol. The Kier molecular flexibility index (Phi) is 29.6. The van der Waals surface area contributed by atoms with Gasteiger partial charge in [-0.15, -0.1) is 0 Å². The van der Waals surface area contributed by atoms with Crippen LogP contribution in [0.15, 0.2) is 48.6 Å². The molecule has 0 saturated carbocycles. The maximum Gasteiger partial charge on any atom is 0.472 e. The van der Waals surface area contributed by atoms with Crippen molar-refractivity contribution in [2.45, 2.75) is 142 Å². The third kappa shape index (κ3) is 30.1. The first-order chi connectivity index (χ1) is 21.3. The fourth-order valence-electron chi connectivity index (χ4n) is 4.26. The van der Waals surface area contributed by atoms with E-state index >= 15 is 0 Å². The molecule has 9 heteroatoms. The summed E-state index contributed by atoms with van der Waals surface area (Å²) >= 11 is 0. The molecule has 0 saturated heterocycles. The summed E-state index contributed by atoms with van der Waals surface area (Å²) in [7, 11) is -3.23. The van der Waals surface area contributed by atoms with Gasteiger partial charge >= 0.3 is 19.8 Å². The molecule has 0 rings (SSSR count). The summed E-state index contributed by atoms with van der Waals surface area (Å²) in [6, 6.07) is 0. The molecule has 0 aliphatic heterocycles. The topological polar surface area (TPSA) is 108 Å². The van der Waals surface area contributed by atoms with Crippen LogP contribution in [0, 0.1) is 0 Å². The summed E-state index contributed by atoms with van der Waals surface area (Å²) in [5, 5.41) is 0. The lowest BCUT2D eigenvalue weighted by Crippen LogP contribution is -2.29. The molecule has 0 amide bonds. The molecule has 254 valence electrons.